The van der Waals surface area contributed by atoms with E-state index in [9.17, 15) is 18.0 Å². The van der Waals surface area contributed by atoms with Crippen LogP contribution in [0.4, 0.5) is 18.9 Å². The standard InChI is InChI=1S/C27H27F3N2O3/c1-2-34-25-12-11-20(17-21(25)19-35-24-9-4-3-5-10-24)26(33)32-15-13-31(14-16-32)23-8-6-7-22(18-23)27(28,29)30/h3-12,17-18H,2,13-16,19H2,1H3. The van der Waals surface area contributed by atoms with Gasteiger partial charge in [-0.1, -0.05) is 24.3 Å². The van der Waals surface area contributed by atoms with Crippen LogP contribution in [-0.2, 0) is 12.8 Å². The summed E-state index contributed by atoms with van der Waals surface area (Å²) in [6.07, 6.45) is -4.39. The highest BCUT2D eigenvalue weighted by Gasteiger charge is 2.31. The molecule has 0 radical (unpaired) electrons. The Kier molecular flexibility index (Phi) is 7.48. The highest BCUT2D eigenvalue weighted by molar-refractivity contribution is 5.94. The van der Waals surface area contributed by atoms with Gasteiger partial charge in [-0.3, -0.25) is 4.79 Å². The third kappa shape index (κ3) is 6.07. The topological polar surface area (TPSA) is 42.0 Å². The molecule has 3 aromatic rings. The van der Waals surface area contributed by atoms with Crippen LogP contribution < -0.4 is 14.4 Å². The maximum Gasteiger partial charge on any atom is 0.416 e. The predicted molar refractivity (Wildman–Crippen MR) is 128 cm³/mol. The van der Waals surface area contributed by atoms with Crippen LogP contribution in [0.25, 0.3) is 0 Å². The quantitative estimate of drug-likeness (QED) is 0.435. The summed E-state index contributed by atoms with van der Waals surface area (Å²) >= 11 is 0. The summed E-state index contributed by atoms with van der Waals surface area (Å²) in [5, 5.41) is 0. The Morgan fingerprint density at radius 3 is 2.31 bits per heavy atom. The Bertz CT molecular complexity index is 1140. The fourth-order valence-corrected chi connectivity index (χ4v) is 4.03. The molecule has 3 aromatic carbocycles. The Morgan fingerprint density at radius 1 is 0.886 bits per heavy atom. The van der Waals surface area contributed by atoms with E-state index in [1.54, 1.807) is 29.2 Å². The van der Waals surface area contributed by atoms with Crippen molar-refractivity contribution in [1.82, 2.24) is 4.90 Å². The Labute approximate surface area is 202 Å². The molecule has 0 spiro atoms. The molecule has 0 atom stereocenters. The van der Waals surface area contributed by atoms with Crippen LogP contribution in [0, 0.1) is 0 Å². The first-order valence-electron chi connectivity index (χ1n) is 11.5. The van der Waals surface area contributed by atoms with E-state index in [1.165, 1.54) is 6.07 Å². The molecule has 1 fully saturated rings. The first-order chi connectivity index (χ1) is 16.8. The number of carbonyl (C=O) groups is 1. The molecule has 0 aliphatic carbocycles. The molecule has 4 rings (SSSR count). The van der Waals surface area contributed by atoms with Crippen LogP contribution in [0.5, 0.6) is 11.5 Å². The summed E-state index contributed by atoms with van der Waals surface area (Å²) in [5.74, 6) is 1.25. The number of alkyl halides is 3. The van der Waals surface area contributed by atoms with Crippen LogP contribution in [0.1, 0.15) is 28.4 Å². The normalized spacial score (nSPS) is 14.1. The number of anilines is 1. The van der Waals surface area contributed by atoms with Gasteiger partial charge in [-0.15, -0.1) is 0 Å². The molecule has 184 valence electrons. The van der Waals surface area contributed by atoms with Gasteiger partial charge >= 0.3 is 6.18 Å². The number of benzene rings is 3. The monoisotopic (exact) mass is 484 g/mol. The first kappa shape index (κ1) is 24.4. The molecule has 0 aromatic heterocycles. The smallest absolute Gasteiger partial charge is 0.416 e. The average molecular weight is 485 g/mol. The molecular formula is C27H27F3N2O3. The van der Waals surface area contributed by atoms with Gasteiger partial charge in [-0.25, -0.2) is 0 Å². The molecule has 1 aliphatic rings. The van der Waals surface area contributed by atoms with Crippen molar-refractivity contribution >= 4 is 11.6 Å². The SMILES string of the molecule is CCOc1ccc(C(=O)N2CCN(c3cccc(C(F)(F)F)c3)CC2)cc1COc1ccccc1. The molecule has 1 aliphatic heterocycles. The zero-order valence-electron chi connectivity index (χ0n) is 19.4. The number of hydrogen-bond acceptors (Lipinski definition) is 4. The van der Waals surface area contributed by atoms with Gasteiger partial charge in [0.15, 0.2) is 0 Å². The average Bonchev–Trinajstić information content (AvgIpc) is 2.88. The molecule has 0 saturated carbocycles. The van der Waals surface area contributed by atoms with Gasteiger partial charge in [0.05, 0.1) is 12.2 Å². The lowest BCUT2D eigenvalue weighted by molar-refractivity contribution is -0.137. The van der Waals surface area contributed by atoms with Crippen LogP contribution in [-0.4, -0.2) is 43.6 Å². The number of halogens is 3. The zero-order valence-corrected chi connectivity index (χ0v) is 19.4. The van der Waals surface area contributed by atoms with Crippen molar-refractivity contribution in [2.45, 2.75) is 19.7 Å². The molecule has 1 amide bonds. The maximum absolute atomic E-state index is 13.2. The minimum absolute atomic E-state index is 0.127. The second-order valence-electron chi connectivity index (χ2n) is 8.18. The van der Waals surface area contributed by atoms with E-state index in [1.807, 2.05) is 42.2 Å². The van der Waals surface area contributed by atoms with E-state index >= 15 is 0 Å². The molecule has 0 bridgehead atoms. The number of hydrogen-bond donors (Lipinski definition) is 0. The second kappa shape index (κ2) is 10.7. The first-order valence-corrected chi connectivity index (χ1v) is 11.5. The van der Waals surface area contributed by atoms with E-state index in [0.717, 1.165) is 23.4 Å². The van der Waals surface area contributed by atoms with Gasteiger partial charge in [0.25, 0.3) is 5.91 Å². The van der Waals surface area contributed by atoms with Crippen molar-refractivity contribution in [3.8, 4) is 11.5 Å². The Balaban J connectivity index is 1.43. The minimum Gasteiger partial charge on any atom is -0.493 e. The van der Waals surface area contributed by atoms with Crippen molar-refractivity contribution in [2.75, 3.05) is 37.7 Å². The van der Waals surface area contributed by atoms with Gasteiger partial charge in [0, 0.05) is 43.0 Å². The van der Waals surface area contributed by atoms with E-state index < -0.39 is 11.7 Å². The van der Waals surface area contributed by atoms with Gasteiger partial charge in [-0.2, -0.15) is 13.2 Å². The molecule has 1 heterocycles. The number of para-hydroxylation sites is 1. The summed E-state index contributed by atoms with van der Waals surface area (Å²) in [5.41, 5.74) is 1.12. The third-order valence-corrected chi connectivity index (χ3v) is 5.85. The van der Waals surface area contributed by atoms with Gasteiger partial charge in [0.1, 0.15) is 18.1 Å². The second-order valence-corrected chi connectivity index (χ2v) is 8.18. The van der Waals surface area contributed by atoms with E-state index in [4.69, 9.17) is 9.47 Å². The van der Waals surface area contributed by atoms with Crippen LogP contribution in [0.2, 0.25) is 0 Å². The van der Waals surface area contributed by atoms with Crippen molar-refractivity contribution in [3.63, 3.8) is 0 Å². The molecular weight excluding hydrogens is 457 g/mol. The van der Waals surface area contributed by atoms with E-state index in [-0.39, 0.29) is 12.5 Å². The lowest BCUT2D eigenvalue weighted by atomic mass is 10.1. The summed E-state index contributed by atoms with van der Waals surface area (Å²) in [6.45, 7) is 4.37. The van der Waals surface area contributed by atoms with Crippen molar-refractivity contribution in [2.24, 2.45) is 0 Å². The summed E-state index contributed by atoms with van der Waals surface area (Å²) in [4.78, 5) is 16.8. The summed E-state index contributed by atoms with van der Waals surface area (Å²) < 4.78 is 50.8. The van der Waals surface area contributed by atoms with Crippen LogP contribution >= 0.6 is 0 Å². The van der Waals surface area contributed by atoms with Crippen molar-refractivity contribution in [3.05, 3.63) is 89.5 Å². The molecule has 1 saturated heterocycles. The minimum atomic E-state index is -4.39. The highest BCUT2D eigenvalue weighted by Crippen LogP contribution is 2.32. The Morgan fingerprint density at radius 2 is 1.63 bits per heavy atom. The van der Waals surface area contributed by atoms with Gasteiger partial charge in [0.2, 0.25) is 0 Å². The van der Waals surface area contributed by atoms with Gasteiger partial charge < -0.3 is 19.3 Å². The Hall–Kier alpha value is -3.68. The zero-order chi connectivity index (χ0) is 24.8. The fraction of sp³-hybridized carbons (Fsp3) is 0.296. The number of rotatable bonds is 7. The molecule has 0 N–H and O–H groups in total. The van der Waals surface area contributed by atoms with E-state index in [0.29, 0.717) is 49.8 Å². The summed E-state index contributed by atoms with van der Waals surface area (Å²) in [6, 6.07) is 20.0. The van der Waals surface area contributed by atoms with Gasteiger partial charge in [-0.05, 0) is 55.5 Å². The number of nitrogens with zero attached hydrogens (tertiary/aromatic N) is 2. The lowest BCUT2D eigenvalue weighted by Crippen LogP contribution is -2.48. The van der Waals surface area contributed by atoms with E-state index in [2.05, 4.69) is 0 Å². The third-order valence-electron chi connectivity index (χ3n) is 5.85. The molecule has 35 heavy (non-hydrogen) atoms. The highest BCUT2D eigenvalue weighted by atomic mass is 19.4. The predicted octanol–water partition coefficient (Wildman–Crippen LogP) is 5.65. The number of piperazine rings is 1. The lowest BCUT2D eigenvalue weighted by Gasteiger charge is -2.36. The number of carbonyl (C=O) groups excluding carboxylic acids is 1. The molecule has 5 nitrogen and oxygen atoms in total. The molecule has 8 heteroatoms. The van der Waals surface area contributed by atoms with Crippen LogP contribution in [0.3, 0.4) is 0 Å². The molecule has 0 unspecified atom stereocenters. The summed E-state index contributed by atoms with van der Waals surface area (Å²) in [7, 11) is 0. The maximum atomic E-state index is 13.2. The van der Waals surface area contributed by atoms with Crippen molar-refractivity contribution < 1.29 is 27.4 Å². The fourth-order valence-electron chi connectivity index (χ4n) is 4.03. The number of ether oxygens (including phenoxy) is 2. The van der Waals surface area contributed by atoms with Crippen LogP contribution in [0.15, 0.2) is 72.8 Å². The largest absolute Gasteiger partial charge is 0.493 e. The number of amides is 1. The van der Waals surface area contributed by atoms with Crippen molar-refractivity contribution in [1.29, 1.82) is 0 Å².